The van der Waals surface area contributed by atoms with E-state index in [-0.39, 0.29) is 5.56 Å². The molecule has 0 bridgehead atoms. The molecule has 0 aliphatic carbocycles. The van der Waals surface area contributed by atoms with E-state index in [4.69, 9.17) is 16.3 Å². The molecule has 2 rings (SSSR count). The summed E-state index contributed by atoms with van der Waals surface area (Å²) in [6.07, 6.45) is 0.803. The van der Waals surface area contributed by atoms with Crippen molar-refractivity contribution < 1.29 is 28.7 Å². The van der Waals surface area contributed by atoms with Gasteiger partial charge in [0.1, 0.15) is 6.54 Å². The van der Waals surface area contributed by atoms with E-state index in [1.54, 1.807) is 24.3 Å². The SMILES string of the molecule is COC(=O)CNC(=O)C(OC(=O)C=Cc1ccccc1)C(=O)c1ccc(Cl)cc1. The number of ether oxygens (including phenoxy) is 2. The molecule has 0 spiro atoms. The van der Waals surface area contributed by atoms with E-state index < -0.39 is 36.3 Å². The van der Waals surface area contributed by atoms with E-state index in [2.05, 4.69) is 10.1 Å². The third-order valence-corrected chi connectivity index (χ3v) is 3.94. The third-order valence-electron chi connectivity index (χ3n) is 3.69. The molecule has 2 aromatic carbocycles. The minimum Gasteiger partial charge on any atom is -0.468 e. The summed E-state index contributed by atoms with van der Waals surface area (Å²) in [5.74, 6) is -3.32. The Kier molecular flexibility index (Phi) is 8.12. The fourth-order valence-electron chi connectivity index (χ4n) is 2.20. The molecule has 1 N–H and O–H groups in total. The normalized spacial score (nSPS) is 11.5. The first-order chi connectivity index (χ1) is 13.9. The number of rotatable bonds is 8. The second-order valence-corrected chi connectivity index (χ2v) is 6.16. The van der Waals surface area contributed by atoms with E-state index in [9.17, 15) is 19.2 Å². The summed E-state index contributed by atoms with van der Waals surface area (Å²) in [5.41, 5.74) is 0.854. The number of halogens is 1. The number of ketones is 1. The number of methoxy groups -OCH3 is 1. The Balaban J connectivity index is 2.16. The molecule has 0 fully saturated rings. The Morgan fingerprint density at radius 3 is 2.31 bits per heavy atom. The van der Waals surface area contributed by atoms with Crippen molar-refractivity contribution in [2.75, 3.05) is 13.7 Å². The molecule has 1 amide bonds. The van der Waals surface area contributed by atoms with Crippen LogP contribution in [-0.4, -0.2) is 43.4 Å². The van der Waals surface area contributed by atoms with E-state index >= 15 is 0 Å². The maximum absolute atomic E-state index is 12.7. The highest BCUT2D eigenvalue weighted by molar-refractivity contribution is 6.30. The van der Waals surface area contributed by atoms with Crippen molar-refractivity contribution >= 4 is 41.3 Å². The zero-order valence-corrected chi connectivity index (χ0v) is 16.2. The number of carbonyl (C=O) groups excluding carboxylic acids is 4. The van der Waals surface area contributed by atoms with Crippen LogP contribution >= 0.6 is 11.6 Å². The van der Waals surface area contributed by atoms with Crippen LogP contribution < -0.4 is 5.32 Å². The van der Waals surface area contributed by atoms with Crippen molar-refractivity contribution in [2.45, 2.75) is 6.10 Å². The lowest BCUT2D eigenvalue weighted by Crippen LogP contribution is -2.44. The first-order valence-electron chi connectivity index (χ1n) is 8.48. The molecule has 2 aromatic rings. The number of hydrogen-bond acceptors (Lipinski definition) is 6. The largest absolute Gasteiger partial charge is 0.468 e. The highest BCUT2D eigenvalue weighted by Crippen LogP contribution is 2.13. The molecule has 0 heterocycles. The Labute approximate surface area is 172 Å². The predicted octanol–water partition coefficient (Wildman–Crippen LogP) is 2.44. The molecule has 0 aromatic heterocycles. The second kappa shape index (κ2) is 10.8. The molecular formula is C21H18ClNO6. The molecule has 0 aliphatic heterocycles. The van der Waals surface area contributed by atoms with Gasteiger partial charge in [0.25, 0.3) is 5.91 Å². The Bertz CT molecular complexity index is 909. The number of benzene rings is 2. The molecule has 0 saturated heterocycles. The maximum atomic E-state index is 12.7. The monoisotopic (exact) mass is 415 g/mol. The van der Waals surface area contributed by atoms with Gasteiger partial charge in [0, 0.05) is 16.7 Å². The van der Waals surface area contributed by atoms with Crippen LogP contribution in [0.2, 0.25) is 5.02 Å². The van der Waals surface area contributed by atoms with E-state index in [1.165, 1.54) is 30.3 Å². The summed E-state index contributed by atoms with van der Waals surface area (Å²) in [5, 5.41) is 2.61. The van der Waals surface area contributed by atoms with Crippen molar-refractivity contribution in [2.24, 2.45) is 0 Å². The predicted molar refractivity (Wildman–Crippen MR) is 106 cm³/mol. The van der Waals surface area contributed by atoms with Gasteiger partial charge in [0.15, 0.2) is 0 Å². The summed E-state index contributed by atoms with van der Waals surface area (Å²) < 4.78 is 9.51. The number of esters is 2. The van der Waals surface area contributed by atoms with Gasteiger partial charge in [-0.3, -0.25) is 14.4 Å². The van der Waals surface area contributed by atoms with Crippen LogP contribution in [0.1, 0.15) is 15.9 Å². The summed E-state index contributed by atoms with van der Waals surface area (Å²) in [6.45, 7) is -0.475. The summed E-state index contributed by atoms with van der Waals surface area (Å²) in [4.78, 5) is 48.5. The van der Waals surface area contributed by atoms with Gasteiger partial charge in [-0.25, -0.2) is 4.79 Å². The van der Waals surface area contributed by atoms with Gasteiger partial charge in [0.05, 0.1) is 7.11 Å². The first-order valence-corrected chi connectivity index (χ1v) is 8.86. The first kappa shape index (κ1) is 21.8. The topological polar surface area (TPSA) is 98.8 Å². The minimum absolute atomic E-state index is 0.118. The van der Waals surface area contributed by atoms with E-state index in [1.807, 2.05) is 6.07 Å². The van der Waals surface area contributed by atoms with Crippen molar-refractivity contribution in [3.63, 3.8) is 0 Å². The third kappa shape index (κ3) is 6.90. The number of amides is 1. The smallest absolute Gasteiger partial charge is 0.332 e. The molecule has 0 radical (unpaired) electrons. The van der Waals surface area contributed by atoms with Crippen molar-refractivity contribution in [3.05, 3.63) is 76.8 Å². The molecule has 8 heteroatoms. The molecule has 7 nitrogen and oxygen atoms in total. The Hall–Kier alpha value is -3.45. The van der Waals surface area contributed by atoms with Gasteiger partial charge in [-0.2, -0.15) is 0 Å². The molecule has 0 aliphatic rings. The van der Waals surface area contributed by atoms with E-state index in [0.29, 0.717) is 5.02 Å². The maximum Gasteiger partial charge on any atom is 0.332 e. The average molecular weight is 416 g/mol. The van der Waals surface area contributed by atoms with Gasteiger partial charge in [-0.1, -0.05) is 41.9 Å². The van der Waals surface area contributed by atoms with Gasteiger partial charge in [-0.05, 0) is 35.9 Å². The summed E-state index contributed by atoms with van der Waals surface area (Å²) in [6, 6.07) is 14.7. The number of nitrogens with one attached hydrogen (secondary N) is 1. The minimum atomic E-state index is -1.78. The summed E-state index contributed by atoms with van der Waals surface area (Å²) >= 11 is 5.81. The standard InChI is InChI=1S/C21H18ClNO6/c1-28-18(25)13-23-21(27)20(19(26)15-8-10-16(22)11-9-15)29-17(24)12-7-14-5-3-2-4-6-14/h2-12,20H,13H2,1H3,(H,23,27). The average Bonchev–Trinajstić information content (AvgIpc) is 2.74. The van der Waals surface area contributed by atoms with Crippen molar-refractivity contribution in [3.8, 4) is 0 Å². The van der Waals surface area contributed by atoms with Crippen LogP contribution in [0.3, 0.4) is 0 Å². The van der Waals surface area contributed by atoms with Crippen LogP contribution in [-0.2, 0) is 23.9 Å². The fraction of sp³-hybridized carbons (Fsp3) is 0.143. The Morgan fingerprint density at radius 1 is 1.03 bits per heavy atom. The van der Waals surface area contributed by atoms with Crippen molar-refractivity contribution in [1.29, 1.82) is 0 Å². The van der Waals surface area contributed by atoms with Gasteiger partial charge in [0.2, 0.25) is 11.9 Å². The van der Waals surface area contributed by atoms with Gasteiger partial charge >= 0.3 is 11.9 Å². The fourth-order valence-corrected chi connectivity index (χ4v) is 2.33. The van der Waals surface area contributed by atoms with Crippen LogP contribution in [0.5, 0.6) is 0 Å². The van der Waals surface area contributed by atoms with Gasteiger partial charge in [-0.15, -0.1) is 0 Å². The lowest BCUT2D eigenvalue weighted by molar-refractivity contribution is -0.149. The number of carbonyl (C=O) groups is 4. The lowest BCUT2D eigenvalue weighted by atomic mass is 10.1. The van der Waals surface area contributed by atoms with Crippen LogP contribution in [0.4, 0.5) is 0 Å². The molecular weight excluding hydrogens is 398 g/mol. The second-order valence-electron chi connectivity index (χ2n) is 5.73. The quantitative estimate of drug-likeness (QED) is 0.308. The van der Waals surface area contributed by atoms with Crippen LogP contribution in [0.15, 0.2) is 60.7 Å². The zero-order chi connectivity index (χ0) is 21.2. The molecule has 1 unspecified atom stereocenters. The number of hydrogen-bond donors (Lipinski definition) is 1. The molecule has 1 atom stereocenters. The molecule has 150 valence electrons. The molecule has 0 saturated carbocycles. The van der Waals surface area contributed by atoms with Crippen LogP contribution in [0, 0.1) is 0 Å². The Morgan fingerprint density at radius 2 is 1.69 bits per heavy atom. The lowest BCUT2D eigenvalue weighted by Gasteiger charge is -2.15. The highest BCUT2D eigenvalue weighted by atomic mass is 35.5. The van der Waals surface area contributed by atoms with Crippen LogP contribution in [0.25, 0.3) is 6.08 Å². The van der Waals surface area contributed by atoms with Gasteiger partial charge < -0.3 is 14.8 Å². The zero-order valence-electron chi connectivity index (χ0n) is 15.5. The highest BCUT2D eigenvalue weighted by Gasteiger charge is 2.31. The summed E-state index contributed by atoms with van der Waals surface area (Å²) in [7, 11) is 1.15. The number of Topliss-reactive ketones (excluding diaryl/α,β-unsaturated/α-hetero) is 1. The van der Waals surface area contributed by atoms with E-state index in [0.717, 1.165) is 18.7 Å². The molecule has 29 heavy (non-hydrogen) atoms. The van der Waals surface area contributed by atoms with Crippen molar-refractivity contribution in [1.82, 2.24) is 5.32 Å².